The summed E-state index contributed by atoms with van der Waals surface area (Å²) in [6.45, 7) is 3.24. The summed E-state index contributed by atoms with van der Waals surface area (Å²) >= 11 is 3.58. The van der Waals surface area contributed by atoms with E-state index in [4.69, 9.17) is 14.2 Å². The van der Waals surface area contributed by atoms with E-state index in [1.54, 1.807) is 7.11 Å². The van der Waals surface area contributed by atoms with Gasteiger partial charge in [-0.05, 0) is 36.6 Å². The molecule has 0 bridgehead atoms. The smallest absolute Gasteiger partial charge is 0.119 e. The lowest BCUT2D eigenvalue weighted by Gasteiger charge is -2.11. The van der Waals surface area contributed by atoms with Crippen molar-refractivity contribution in [3.05, 3.63) is 28.2 Å². The quantitative estimate of drug-likeness (QED) is 0.663. The summed E-state index contributed by atoms with van der Waals surface area (Å²) in [5, 5.41) is 3.51. The molecule has 1 N–H and O–H groups in total. The van der Waals surface area contributed by atoms with Gasteiger partial charge in [0.05, 0.1) is 19.8 Å². The molecule has 1 aromatic rings. The van der Waals surface area contributed by atoms with E-state index in [1.165, 1.54) is 18.4 Å². The Hall–Kier alpha value is -0.620. The van der Waals surface area contributed by atoms with Crippen LogP contribution in [0.2, 0.25) is 0 Å². The minimum absolute atomic E-state index is 0.556. The fourth-order valence-corrected chi connectivity index (χ4v) is 2.17. The molecule has 0 unspecified atom stereocenters. The highest BCUT2D eigenvalue weighted by atomic mass is 79.9. The molecule has 1 fully saturated rings. The van der Waals surface area contributed by atoms with Crippen LogP contribution in [0, 0.1) is 0 Å². The summed E-state index contributed by atoms with van der Waals surface area (Å²) in [5.74, 6) is 0.885. The number of ether oxygens (including phenoxy) is 3. The SMILES string of the molecule is COCCOCCOc1ccc(Br)c(CNC2CC2)c1. The van der Waals surface area contributed by atoms with E-state index in [-0.39, 0.29) is 0 Å². The number of benzene rings is 1. The number of hydrogen-bond acceptors (Lipinski definition) is 4. The second-order valence-electron chi connectivity index (χ2n) is 4.86. The van der Waals surface area contributed by atoms with Crippen molar-refractivity contribution in [1.82, 2.24) is 5.32 Å². The van der Waals surface area contributed by atoms with Gasteiger partial charge in [-0.15, -0.1) is 0 Å². The number of nitrogens with one attached hydrogen (secondary N) is 1. The van der Waals surface area contributed by atoms with Gasteiger partial charge in [0.2, 0.25) is 0 Å². The Morgan fingerprint density at radius 2 is 2.00 bits per heavy atom. The van der Waals surface area contributed by atoms with Crippen LogP contribution in [-0.2, 0) is 16.0 Å². The van der Waals surface area contributed by atoms with Crippen LogP contribution in [0.3, 0.4) is 0 Å². The van der Waals surface area contributed by atoms with E-state index in [0.29, 0.717) is 32.5 Å². The van der Waals surface area contributed by atoms with Crippen LogP contribution >= 0.6 is 15.9 Å². The monoisotopic (exact) mass is 343 g/mol. The summed E-state index contributed by atoms with van der Waals surface area (Å²) in [6.07, 6.45) is 2.60. The Balaban J connectivity index is 1.71. The van der Waals surface area contributed by atoms with Crippen molar-refractivity contribution < 1.29 is 14.2 Å². The fourth-order valence-electron chi connectivity index (χ4n) is 1.78. The van der Waals surface area contributed by atoms with Crippen LogP contribution < -0.4 is 10.1 Å². The zero-order valence-corrected chi connectivity index (χ0v) is 13.4. The first kappa shape index (κ1) is 15.8. The second-order valence-corrected chi connectivity index (χ2v) is 5.72. The molecule has 1 aliphatic rings. The van der Waals surface area contributed by atoms with Gasteiger partial charge < -0.3 is 19.5 Å². The van der Waals surface area contributed by atoms with Crippen LogP contribution in [0.4, 0.5) is 0 Å². The molecule has 0 amide bonds. The third-order valence-corrected chi connectivity index (χ3v) is 3.88. The number of hydrogen-bond donors (Lipinski definition) is 1. The van der Waals surface area contributed by atoms with Crippen molar-refractivity contribution in [2.45, 2.75) is 25.4 Å². The zero-order chi connectivity index (χ0) is 14.2. The van der Waals surface area contributed by atoms with Gasteiger partial charge in [-0.1, -0.05) is 15.9 Å². The Bertz CT molecular complexity index is 410. The molecule has 0 atom stereocenters. The second kappa shape index (κ2) is 8.62. The van der Waals surface area contributed by atoms with E-state index >= 15 is 0 Å². The highest BCUT2D eigenvalue weighted by molar-refractivity contribution is 9.10. The maximum Gasteiger partial charge on any atom is 0.119 e. The van der Waals surface area contributed by atoms with E-state index < -0.39 is 0 Å². The fraction of sp³-hybridized carbons (Fsp3) is 0.600. The van der Waals surface area contributed by atoms with Crippen LogP contribution in [-0.4, -0.2) is 39.6 Å². The molecule has 112 valence electrons. The standard InChI is InChI=1S/C15H22BrNO3/c1-18-6-7-19-8-9-20-14-4-5-15(16)12(10-14)11-17-13-2-3-13/h4-5,10,13,17H,2-3,6-9,11H2,1H3. The maximum absolute atomic E-state index is 5.69. The van der Waals surface area contributed by atoms with Gasteiger partial charge in [0.15, 0.2) is 0 Å². The van der Waals surface area contributed by atoms with Gasteiger partial charge in [0.1, 0.15) is 12.4 Å². The van der Waals surface area contributed by atoms with E-state index in [9.17, 15) is 0 Å². The first-order chi connectivity index (χ1) is 9.79. The van der Waals surface area contributed by atoms with Gasteiger partial charge in [0.25, 0.3) is 0 Å². The van der Waals surface area contributed by atoms with Crippen molar-refractivity contribution in [1.29, 1.82) is 0 Å². The molecule has 0 aliphatic heterocycles. The van der Waals surface area contributed by atoms with Crippen molar-refractivity contribution in [2.75, 3.05) is 33.5 Å². The summed E-state index contributed by atoms with van der Waals surface area (Å²) in [5.41, 5.74) is 1.23. The molecular weight excluding hydrogens is 322 g/mol. The number of methoxy groups -OCH3 is 1. The van der Waals surface area contributed by atoms with Gasteiger partial charge in [0, 0.05) is 24.2 Å². The molecule has 1 aliphatic carbocycles. The van der Waals surface area contributed by atoms with Gasteiger partial charge in [-0.2, -0.15) is 0 Å². The highest BCUT2D eigenvalue weighted by Gasteiger charge is 2.20. The minimum atomic E-state index is 0.556. The van der Waals surface area contributed by atoms with Crippen LogP contribution in [0.15, 0.2) is 22.7 Å². The molecule has 1 aromatic carbocycles. The Kier molecular flexibility index (Phi) is 6.79. The Morgan fingerprint density at radius 3 is 2.75 bits per heavy atom. The molecule has 0 radical (unpaired) electrons. The molecule has 20 heavy (non-hydrogen) atoms. The van der Waals surface area contributed by atoms with Crippen LogP contribution in [0.1, 0.15) is 18.4 Å². The number of rotatable bonds is 10. The van der Waals surface area contributed by atoms with E-state index in [2.05, 4.69) is 27.3 Å². The first-order valence-corrected chi connectivity index (χ1v) is 7.80. The van der Waals surface area contributed by atoms with Gasteiger partial charge in [-0.3, -0.25) is 0 Å². The molecule has 4 nitrogen and oxygen atoms in total. The lowest BCUT2D eigenvalue weighted by Crippen LogP contribution is -2.15. The highest BCUT2D eigenvalue weighted by Crippen LogP contribution is 2.25. The summed E-state index contributed by atoms with van der Waals surface area (Å²) < 4.78 is 17.1. The third-order valence-electron chi connectivity index (χ3n) is 3.10. The predicted molar refractivity (Wildman–Crippen MR) is 82.2 cm³/mol. The summed E-state index contributed by atoms with van der Waals surface area (Å²) in [4.78, 5) is 0. The predicted octanol–water partition coefficient (Wildman–Crippen LogP) is 2.74. The van der Waals surface area contributed by atoms with Crippen molar-refractivity contribution >= 4 is 15.9 Å². The average Bonchev–Trinajstić information content (AvgIpc) is 3.27. The van der Waals surface area contributed by atoms with Crippen molar-refractivity contribution in [3.63, 3.8) is 0 Å². The normalized spacial score (nSPS) is 14.5. The average molecular weight is 344 g/mol. The van der Waals surface area contributed by atoms with Crippen molar-refractivity contribution in [3.8, 4) is 5.75 Å². The number of halogens is 1. The minimum Gasteiger partial charge on any atom is -0.491 e. The maximum atomic E-state index is 5.69. The Morgan fingerprint density at radius 1 is 1.20 bits per heavy atom. The summed E-state index contributed by atoms with van der Waals surface area (Å²) in [6, 6.07) is 6.79. The van der Waals surface area contributed by atoms with Gasteiger partial charge >= 0.3 is 0 Å². The summed E-state index contributed by atoms with van der Waals surface area (Å²) in [7, 11) is 1.67. The lowest BCUT2D eigenvalue weighted by atomic mass is 10.2. The molecule has 0 spiro atoms. The molecule has 2 rings (SSSR count). The van der Waals surface area contributed by atoms with E-state index in [1.807, 2.05) is 12.1 Å². The topological polar surface area (TPSA) is 39.7 Å². The van der Waals surface area contributed by atoms with Crippen LogP contribution in [0.25, 0.3) is 0 Å². The lowest BCUT2D eigenvalue weighted by molar-refractivity contribution is 0.0544. The molecule has 0 heterocycles. The largest absolute Gasteiger partial charge is 0.491 e. The first-order valence-electron chi connectivity index (χ1n) is 7.01. The molecule has 1 saturated carbocycles. The molecule has 0 aromatic heterocycles. The molecular formula is C15H22BrNO3. The zero-order valence-electron chi connectivity index (χ0n) is 11.9. The van der Waals surface area contributed by atoms with Gasteiger partial charge in [-0.25, -0.2) is 0 Å². The van der Waals surface area contributed by atoms with Crippen molar-refractivity contribution in [2.24, 2.45) is 0 Å². The van der Waals surface area contributed by atoms with E-state index in [0.717, 1.165) is 16.8 Å². The Labute approximate surface area is 128 Å². The van der Waals surface area contributed by atoms with Crippen LogP contribution in [0.5, 0.6) is 5.75 Å². The molecule has 5 heteroatoms. The molecule has 0 saturated heterocycles. The third kappa shape index (κ3) is 5.79.